The van der Waals surface area contributed by atoms with Crippen molar-refractivity contribution < 1.29 is 0 Å². The number of unbranched alkanes of at least 4 members (excludes halogenated alkanes) is 1. The van der Waals surface area contributed by atoms with Crippen LogP contribution in [0.3, 0.4) is 0 Å². The zero-order valence-electron chi connectivity index (χ0n) is 12.7. The molecule has 0 fully saturated rings. The summed E-state index contributed by atoms with van der Waals surface area (Å²) < 4.78 is 2.13. The summed E-state index contributed by atoms with van der Waals surface area (Å²) in [4.78, 5) is 19.2. The van der Waals surface area contributed by atoms with Crippen molar-refractivity contribution in [3.8, 4) is 0 Å². The Morgan fingerprint density at radius 2 is 2.00 bits per heavy atom. The molecule has 22 heavy (non-hydrogen) atoms. The first kappa shape index (κ1) is 14.4. The highest BCUT2D eigenvalue weighted by molar-refractivity contribution is 5.74. The molecule has 0 aliphatic heterocycles. The normalized spacial score (nSPS) is 11.1. The molecule has 5 nitrogen and oxygen atoms in total. The van der Waals surface area contributed by atoms with Gasteiger partial charge in [-0.1, -0.05) is 25.5 Å². The van der Waals surface area contributed by atoms with Crippen LogP contribution in [0.2, 0.25) is 0 Å². The van der Waals surface area contributed by atoms with Crippen LogP contribution in [0, 0.1) is 0 Å². The Balaban J connectivity index is 2.06. The van der Waals surface area contributed by atoms with Crippen LogP contribution in [0.15, 0.2) is 41.3 Å². The van der Waals surface area contributed by atoms with Crippen molar-refractivity contribution in [1.82, 2.24) is 14.5 Å². The van der Waals surface area contributed by atoms with Gasteiger partial charge in [-0.2, -0.15) is 0 Å². The molecule has 0 aliphatic rings. The van der Waals surface area contributed by atoms with Crippen molar-refractivity contribution in [3.63, 3.8) is 0 Å². The van der Waals surface area contributed by atoms with E-state index < -0.39 is 0 Å². The largest absolute Gasteiger partial charge is 0.399 e. The van der Waals surface area contributed by atoms with Crippen LogP contribution in [-0.4, -0.2) is 14.5 Å². The van der Waals surface area contributed by atoms with Crippen molar-refractivity contribution in [2.24, 2.45) is 0 Å². The van der Waals surface area contributed by atoms with Gasteiger partial charge in [0.2, 0.25) is 0 Å². The molecule has 0 unspecified atom stereocenters. The maximum atomic E-state index is 12.0. The molecular formula is C17H20N4O. The number of hydrogen-bond acceptors (Lipinski definition) is 3. The molecule has 1 aromatic carbocycles. The summed E-state index contributed by atoms with van der Waals surface area (Å²) in [5.41, 5.74) is 8.90. The van der Waals surface area contributed by atoms with Crippen LogP contribution in [-0.2, 0) is 13.0 Å². The number of benzene rings is 1. The summed E-state index contributed by atoms with van der Waals surface area (Å²) in [7, 11) is 0. The lowest BCUT2D eigenvalue weighted by atomic mass is 10.2. The van der Waals surface area contributed by atoms with E-state index in [4.69, 9.17) is 5.73 Å². The number of nitrogens with one attached hydrogen (secondary N) is 1. The zero-order valence-corrected chi connectivity index (χ0v) is 12.7. The lowest BCUT2D eigenvalue weighted by Crippen LogP contribution is -2.07. The van der Waals surface area contributed by atoms with Crippen LogP contribution >= 0.6 is 0 Å². The molecule has 3 aromatic rings. The third-order valence-corrected chi connectivity index (χ3v) is 3.83. The second kappa shape index (κ2) is 6.05. The minimum Gasteiger partial charge on any atom is -0.399 e. The number of anilines is 1. The first-order valence-electron chi connectivity index (χ1n) is 7.60. The summed E-state index contributed by atoms with van der Waals surface area (Å²) in [6.45, 7) is 2.85. The Labute approximate surface area is 128 Å². The van der Waals surface area contributed by atoms with Crippen LogP contribution < -0.4 is 11.3 Å². The number of aryl methyl sites for hydroxylation is 1. The highest BCUT2D eigenvalue weighted by Crippen LogP contribution is 2.17. The van der Waals surface area contributed by atoms with Crippen molar-refractivity contribution >= 4 is 16.7 Å². The number of H-pyrrole nitrogens is 1. The summed E-state index contributed by atoms with van der Waals surface area (Å²) in [5.74, 6) is 0.963. The van der Waals surface area contributed by atoms with Gasteiger partial charge in [0.1, 0.15) is 5.82 Å². The highest BCUT2D eigenvalue weighted by Gasteiger charge is 2.13. The number of nitrogen functional groups attached to an aromatic ring is 1. The molecule has 2 aromatic heterocycles. The highest BCUT2D eigenvalue weighted by atomic mass is 16.1. The number of aromatic amines is 1. The summed E-state index contributed by atoms with van der Waals surface area (Å²) in [5, 5.41) is 0. The van der Waals surface area contributed by atoms with Gasteiger partial charge in [-0.15, -0.1) is 0 Å². The van der Waals surface area contributed by atoms with Gasteiger partial charge in [0.25, 0.3) is 5.56 Å². The summed E-state index contributed by atoms with van der Waals surface area (Å²) in [6.07, 6.45) is 4.71. The molecule has 0 saturated carbocycles. The smallest absolute Gasteiger partial charge is 0.276 e. The molecule has 3 N–H and O–H groups in total. The van der Waals surface area contributed by atoms with Gasteiger partial charge in [0.15, 0.2) is 5.52 Å². The summed E-state index contributed by atoms with van der Waals surface area (Å²) in [6, 6.07) is 9.73. The molecule has 3 rings (SSSR count). The quantitative estimate of drug-likeness (QED) is 0.711. The topological polar surface area (TPSA) is 76.7 Å². The molecule has 5 heteroatoms. The molecule has 0 aliphatic carbocycles. The van der Waals surface area contributed by atoms with E-state index in [1.165, 1.54) is 0 Å². The molecule has 0 bridgehead atoms. The molecule has 0 saturated heterocycles. The Kier molecular flexibility index (Phi) is 3.96. The minimum atomic E-state index is -0.133. The van der Waals surface area contributed by atoms with E-state index in [1.54, 1.807) is 6.20 Å². The number of nitrogens with two attached hydrogens (primary N) is 1. The van der Waals surface area contributed by atoms with Crippen molar-refractivity contribution in [2.45, 2.75) is 32.7 Å². The van der Waals surface area contributed by atoms with E-state index in [1.807, 2.05) is 30.3 Å². The van der Waals surface area contributed by atoms with Crippen LogP contribution in [0.5, 0.6) is 0 Å². The van der Waals surface area contributed by atoms with Crippen molar-refractivity contribution in [1.29, 1.82) is 0 Å². The van der Waals surface area contributed by atoms with E-state index in [0.717, 1.165) is 41.9 Å². The number of rotatable bonds is 5. The Morgan fingerprint density at radius 3 is 2.73 bits per heavy atom. The van der Waals surface area contributed by atoms with E-state index >= 15 is 0 Å². The van der Waals surface area contributed by atoms with Gasteiger partial charge >= 0.3 is 0 Å². The standard InChI is InChI=1S/C17H20N4O/c1-2-3-4-15-20-16-14(9-10-19-17(16)22)21(15)11-12-5-7-13(18)8-6-12/h5-10H,2-4,11,18H2,1H3,(H,19,22). The summed E-state index contributed by atoms with van der Waals surface area (Å²) >= 11 is 0. The van der Waals surface area contributed by atoms with Gasteiger partial charge in [-0.05, 0) is 30.2 Å². The Bertz CT molecular complexity index is 830. The molecule has 114 valence electrons. The van der Waals surface area contributed by atoms with Crippen molar-refractivity contribution in [2.75, 3.05) is 5.73 Å². The van der Waals surface area contributed by atoms with Gasteiger partial charge in [-0.25, -0.2) is 4.98 Å². The predicted molar refractivity (Wildman–Crippen MR) is 88.9 cm³/mol. The number of nitrogens with zero attached hydrogens (tertiary/aromatic N) is 2. The van der Waals surface area contributed by atoms with Gasteiger partial charge in [0, 0.05) is 24.8 Å². The monoisotopic (exact) mass is 296 g/mol. The fraction of sp³-hybridized carbons (Fsp3) is 0.294. The van der Waals surface area contributed by atoms with E-state index in [-0.39, 0.29) is 5.56 Å². The lowest BCUT2D eigenvalue weighted by molar-refractivity contribution is 0.690. The lowest BCUT2D eigenvalue weighted by Gasteiger charge is -2.09. The SMILES string of the molecule is CCCCc1nc2c(=O)[nH]ccc2n1Cc1ccc(N)cc1. The average molecular weight is 296 g/mol. The second-order valence-corrected chi connectivity index (χ2v) is 5.50. The van der Waals surface area contributed by atoms with E-state index in [0.29, 0.717) is 12.1 Å². The van der Waals surface area contributed by atoms with Crippen molar-refractivity contribution in [3.05, 3.63) is 58.3 Å². The maximum absolute atomic E-state index is 12.0. The molecule has 0 atom stereocenters. The van der Waals surface area contributed by atoms with E-state index in [2.05, 4.69) is 21.5 Å². The van der Waals surface area contributed by atoms with Gasteiger partial charge in [-0.3, -0.25) is 4.79 Å². The van der Waals surface area contributed by atoms with Crippen LogP contribution in [0.1, 0.15) is 31.2 Å². The molecule has 0 spiro atoms. The number of imidazole rings is 1. The number of aromatic nitrogens is 3. The van der Waals surface area contributed by atoms with Crippen LogP contribution in [0.4, 0.5) is 5.69 Å². The van der Waals surface area contributed by atoms with Crippen LogP contribution in [0.25, 0.3) is 11.0 Å². The second-order valence-electron chi connectivity index (χ2n) is 5.50. The number of fused-ring (bicyclic) bond motifs is 1. The molecule has 0 radical (unpaired) electrons. The third-order valence-electron chi connectivity index (χ3n) is 3.83. The zero-order chi connectivity index (χ0) is 15.5. The fourth-order valence-corrected chi connectivity index (χ4v) is 2.62. The minimum absolute atomic E-state index is 0.133. The fourth-order valence-electron chi connectivity index (χ4n) is 2.62. The van der Waals surface area contributed by atoms with Gasteiger partial charge < -0.3 is 15.3 Å². The first-order chi connectivity index (χ1) is 10.7. The predicted octanol–water partition coefficient (Wildman–Crippen LogP) is 2.70. The average Bonchev–Trinajstić information content (AvgIpc) is 2.87. The van der Waals surface area contributed by atoms with E-state index in [9.17, 15) is 4.79 Å². The Morgan fingerprint density at radius 1 is 1.23 bits per heavy atom. The number of pyridine rings is 1. The molecular weight excluding hydrogens is 276 g/mol. The molecule has 0 amide bonds. The third kappa shape index (κ3) is 2.74. The number of hydrogen-bond donors (Lipinski definition) is 2. The molecule has 2 heterocycles. The maximum Gasteiger partial charge on any atom is 0.276 e. The first-order valence-corrected chi connectivity index (χ1v) is 7.60. The van der Waals surface area contributed by atoms with Gasteiger partial charge in [0.05, 0.1) is 5.52 Å². The Hall–Kier alpha value is -2.56.